The van der Waals surface area contributed by atoms with Gasteiger partial charge in [-0.1, -0.05) is 67.8 Å². The molecule has 1 saturated carbocycles. The molecule has 5 rings (SSSR count). The molecule has 36 heavy (non-hydrogen) atoms. The number of rotatable bonds is 6. The van der Waals surface area contributed by atoms with Gasteiger partial charge in [0.05, 0.1) is 23.9 Å². The van der Waals surface area contributed by atoms with E-state index in [1.807, 2.05) is 54.6 Å². The number of aromatic nitrogens is 1. The highest BCUT2D eigenvalue weighted by Gasteiger charge is 2.28. The molecular formula is C30H35N3O3. The van der Waals surface area contributed by atoms with Gasteiger partial charge >= 0.3 is 5.97 Å². The van der Waals surface area contributed by atoms with E-state index in [1.54, 1.807) is 0 Å². The molecule has 1 saturated heterocycles. The number of fused-ring (bicyclic) bond motifs is 1. The fourth-order valence-corrected chi connectivity index (χ4v) is 5.73. The first kappa shape index (κ1) is 24.4. The summed E-state index contributed by atoms with van der Waals surface area (Å²) in [4.78, 5) is 33.1. The summed E-state index contributed by atoms with van der Waals surface area (Å²) in [5, 5.41) is 4.25. The van der Waals surface area contributed by atoms with Crippen LogP contribution >= 0.6 is 0 Å². The number of pyridine rings is 1. The van der Waals surface area contributed by atoms with Gasteiger partial charge in [-0.05, 0) is 37.3 Å². The van der Waals surface area contributed by atoms with Gasteiger partial charge in [0.15, 0.2) is 0 Å². The first-order valence-electron chi connectivity index (χ1n) is 13.2. The Kier molecular flexibility index (Phi) is 7.61. The molecule has 188 valence electrons. The van der Waals surface area contributed by atoms with Crippen molar-refractivity contribution in [3.63, 3.8) is 0 Å². The van der Waals surface area contributed by atoms with E-state index in [0.29, 0.717) is 12.1 Å². The topological polar surface area (TPSA) is 71.5 Å². The molecule has 6 nitrogen and oxygen atoms in total. The minimum atomic E-state index is -0.364. The number of esters is 1. The summed E-state index contributed by atoms with van der Waals surface area (Å²) in [5.41, 5.74) is 3.99. The number of benzene rings is 2. The lowest BCUT2D eigenvalue weighted by Crippen LogP contribution is -2.46. The van der Waals surface area contributed by atoms with Crippen molar-refractivity contribution in [3.8, 4) is 11.1 Å². The van der Waals surface area contributed by atoms with E-state index in [4.69, 9.17) is 9.72 Å². The molecule has 0 unspecified atom stereocenters. The maximum atomic E-state index is 13.1. The molecule has 0 atom stereocenters. The van der Waals surface area contributed by atoms with E-state index in [9.17, 15) is 9.59 Å². The zero-order chi connectivity index (χ0) is 24.9. The molecule has 2 aromatic carbocycles. The van der Waals surface area contributed by atoms with Crippen molar-refractivity contribution in [3.05, 3.63) is 65.9 Å². The molecule has 1 N–H and O–H groups in total. The molecule has 1 amide bonds. The number of nitrogens with one attached hydrogen (secondary N) is 1. The Balaban J connectivity index is 1.37. The standard InChI is InChI=1S/C30H35N3O3/c1-36-30(35)28-26(32-25-15-9-8-14-24(25)27(28)21-10-4-2-5-11-21)20-33-18-16-23(17-19-33)31-29(34)22-12-6-3-7-13-22/h2,4-5,8-11,14-15,22-23H,3,6-7,12-13,16-20H2,1H3,(H,31,34). The average molecular weight is 486 g/mol. The number of amides is 1. The van der Waals surface area contributed by atoms with Crippen molar-refractivity contribution in [2.24, 2.45) is 5.92 Å². The quantitative estimate of drug-likeness (QED) is 0.477. The van der Waals surface area contributed by atoms with Gasteiger partial charge in [-0.15, -0.1) is 0 Å². The van der Waals surface area contributed by atoms with Gasteiger partial charge in [0.25, 0.3) is 0 Å². The van der Waals surface area contributed by atoms with Gasteiger partial charge < -0.3 is 10.1 Å². The third-order valence-electron chi connectivity index (χ3n) is 7.70. The van der Waals surface area contributed by atoms with E-state index in [-0.39, 0.29) is 23.8 Å². The maximum Gasteiger partial charge on any atom is 0.340 e. The van der Waals surface area contributed by atoms with E-state index in [1.165, 1.54) is 26.4 Å². The fourth-order valence-electron chi connectivity index (χ4n) is 5.73. The first-order valence-corrected chi connectivity index (χ1v) is 13.2. The summed E-state index contributed by atoms with van der Waals surface area (Å²) in [6.45, 7) is 2.27. The van der Waals surface area contributed by atoms with Crippen LogP contribution in [0.4, 0.5) is 0 Å². The Labute approximate surface area is 213 Å². The summed E-state index contributed by atoms with van der Waals surface area (Å²) in [7, 11) is 1.43. The Morgan fingerprint density at radius 1 is 0.944 bits per heavy atom. The Morgan fingerprint density at radius 2 is 1.64 bits per heavy atom. The number of carbonyl (C=O) groups is 2. The molecule has 2 aliphatic rings. The predicted molar refractivity (Wildman–Crippen MR) is 142 cm³/mol. The highest BCUT2D eigenvalue weighted by molar-refractivity contribution is 6.07. The lowest BCUT2D eigenvalue weighted by molar-refractivity contribution is -0.127. The smallest absolute Gasteiger partial charge is 0.340 e. The van der Waals surface area contributed by atoms with E-state index >= 15 is 0 Å². The number of ether oxygens (including phenoxy) is 1. The molecule has 2 heterocycles. The third-order valence-corrected chi connectivity index (χ3v) is 7.70. The van der Waals surface area contributed by atoms with Crippen LogP contribution in [-0.2, 0) is 16.1 Å². The third kappa shape index (κ3) is 5.29. The molecule has 0 radical (unpaired) electrons. The molecular weight excluding hydrogens is 450 g/mol. The number of hydrogen-bond donors (Lipinski definition) is 1. The highest BCUT2D eigenvalue weighted by atomic mass is 16.5. The number of carbonyl (C=O) groups excluding carboxylic acids is 2. The summed E-state index contributed by atoms with van der Waals surface area (Å²) in [6, 6.07) is 18.2. The van der Waals surface area contributed by atoms with Crippen LogP contribution in [0.3, 0.4) is 0 Å². The van der Waals surface area contributed by atoms with Crippen molar-refractivity contribution in [1.82, 2.24) is 15.2 Å². The second-order valence-electron chi connectivity index (χ2n) is 10.1. The van der Waals surface area contributed by atoms with Crippen LogP contribution in [0.25, 0.3) is 22.0 Å². The molecule has 1 aliphatic heterocycles. The monoisotopic (exact) mass is 485 g/mol. The second kappa shape index (κ2) is 11.2. The van der Waals surface area contributed by atoms with Crippen LogP contribution in [0, 0.1) is 5.92 Å². The SMILES string of the molecule is COC(=O)c1c(CN2CCC(NC(=O)C3CCCCC3)CC2)nc2ccccc2c1-c1ccccc1. The second-order valence-corrected chi connectivity index (χ2v) is 10.1. The van der Waals surface area contributed by atoms with Crippen molar-refractivity contribution in [1.29, 1.82) is 0 Å². The molecule has 3 aromatic rings. The minimum Gasteiger partial charge on any atom is -0.465 e. The Morgan fingerprint density at radius 3 is 2.36 bits per heavy atom. The van der Waals surface area contributed by atoms with Crippen molar-refractivity contribution in [2.45, 2.75) is 57.5 Å². The molecule has 1 aromatic heterocycles. The van der Waals surface area contributed by atoms with Crippen LogP contribution in [0.1, 0.15) is 61.0 Å². The highest BCUT2D eigenvalue weighted by Crippen LogP contribution is 2.34. The van der Waals surface area contributed by atoms with Crippen LogP contribution < -0.4 is 5.32 Å². The van der Waals surface area contributed by atoms with Gasteiger partial charge in [-0.3, -0.25) is 14.7 Å². The van der Waals surface area contributed by atoms with Crippen molar-refractivity contribution in [2.75, 3.05) is 20.2 Å². The van der Waals surface area contributed by atoms with E-state index in [2.05, 4.69) is 10.2 Å². The summed E-state index contributed by atoms with van der Waals surface area (Å²) in [6.07, 6.45) is 7.46. The van der Waals surface area contributed by atoms with Crippen LogP contribution in [0.2, 0.25) is 0 Å². The zero-order valence-electron chi connectivity index (χ0n) is 21.0. The molecule has 0 bridgehead atoms. The van der Waals surface area contributed by atoms with Crippen LogP contribution in [0.5, 0.6) is 0 Å². The van der Waals surface area contributed by atoms with Crippen molar-refractivity contribution < 1.29 is 14.3 Å². The summed E-state index contributed by atoms with van der Waals surface area (Å²) in [5.74, 6) is 0.0687. The van der Waals surface area contributed by atoms with Gasteiger partial charge in [0.2, 0.25) is 5.91 Å². The van der Waals surface area contributed by atoms with E-state index in [0.717, 1.165) is 66.5 Å². The van der Waals surface area contributed by atoms with Gasteiger partial charge in [0, 0.05) is 42.5 Å². The predicted octanol–water partition coefficient (Wildman–Crippen LogP) is 5.35. The largest absolute Gasteiger partial charge is 0.465 e. The zero-order valence-corrected chi connectivity index (χ0v) is 21.0. The Hall–Kier alpha value is -3.25. The molecule has 2 fully saturated rings. The van der Waals surface area contributed by atoms with Gasteiger partial charge in [0.1, 0.15) is 0 Å². The van der Waals surface area contributed by atoms with Gasteiger partial charge in [-0.2, -0.15) is 0 Å². The van der Waals surface area contributed by atoms with E-state index < -0.39 is 0 Å². The minimum absolute atomic E-state index is 0.192. The van der Waals surface area contributed by atoms with Gasteiger partial charge in [-0.25, -0.2) is 4.79 Å². The number of piperidine rings is 1. The lowest BCUT2D eigenvalue weighted by Gasteiger charge is -2.33. The van der Waals surface area contributed by atoms with Crippen LogP contribution in [0.15, 0.2) is 54.6 Å². The maximum absolute atomic E-state index is 13.1. The fraction of sp³-hybridized carbons (Fsp3) is 0.433. The van der Waals surface area contributed by atoms with Crippen LogP contribution in [-0.4, -0.2) is 48.0 Å². The summed E-state index contributed by atoms with van der Waals surface area (Å²) >= 11 is 0. The molecule has 1 aliphatic carbocycles. The number of likely N-dealkylation sites (tertiary alicyclic amines) is 1. The average Bonchev–Trinajstić information content (AvgIpc) is 2.94. The number of methoxy groups -OCH3 is 1. The Bertz CT molecular complexity index is 1210. The lowest BCUT2D eigenvalue weighted by atomic mass is 9.88. The number of para-hydroxylation sites is 1. The molecule has 6 heteroatoms. The normalized spacial score (nSPS) is 17.7. The molecule has 0 spiro atoms. The number of hydrogen-bond acceptors (Lipinski definition) is 5. The summed E-state index contributed by atoms with van der Waals surface area (Å²) < 4.78 is 5.25. The van der Waals surface area contributed by atoms with Crippen molar-refractivity contribution >= 4 is 22.8 Å². The number of nitrogens with zero attached hydrogens (tertiary/aromatic N) is 2. The first-order chi connectivity index (χ1) is 17.6.